The molecule has 1 saturated heterocycles. The Hall–Kier alpha value is -1.40. The summed E-state index contributed by atoms with van der Waals surface area (Å²) < 4.78 is 0. The van der Waals surface area contributed by atoms with Crippen LogP contribution in [0.25, 0.3) is 0 Å². The second-order valence-electron chi connectivity index (χ2n) is 5.96. The average Bonchev–Trinajstić information content (AvgIpc) is 3.34. The van der Waals surface area contributed by atoms with Gasteiger partial charge in [-0.05, 0) is 19.8 Å². The second-order valence-corrected chi connectivity index (χ2v) is 5.96. The largest absolute Gasteiger partial charge is 0.395 e. The van der Waals surface area contributed by atoms with Crippen molar-refractivity contribution < 1.29 is 5.11 Å². The summed E-state index contributed by atoms with van der Waals surface area (Å²) in [5.41, 5.74) is 1.14. The van der Waals surface area contributed by atoms with Crippen molar-refractivity contribution in [2.45, 2.75) is 25.7 Å². The summed E-state index contributed by atoms with van der Waals surface area (Å²) in [5.74, 6) is 3.60. The molecule has 2 aliphatic rings. The standard InChI is InChI=1S/C15H25N5O/c1-11-13(16-2)17-14(12-3-4-12)18-15(11)20-7-5-19(6-8-20)9-10-21/h12,21H,3-10H2,1-2H3,(H,16,17,18). The lowest BCUT2D eigenvalue weighted by Crippen LogP contribution is -2.47. The van der Waals surface area contributed by atoms with Crippen LogP contribution < -0.4 is 10.2 Å². The molecular formula is C15H25N5O. The third-order valence-electron chi connectivity index (χ3n) is 4.40. The highest BCUT2D eigenvalue weighted by atomic mass is 16.3. The van der Waals surface area contributed by atoms with E-state index in [0.29, 0.717) is 5.92 Å². The first-order valence-corrected chi connectivity index (χ1v) is 7.87. The number of aromatic nitrogens is 2. The van der Waals surface area contributed by atoms with Crippen LogP contribution in [-0.4, -0.2) is 66.4 Å². The number of piperazine rings is 1. The van der Waals surface area contributed by atoms with E-state index in [1.165, 1.54) is 12.8 Å². The molecule has 21 heavy (non-hydrogen) atoms. The average molecular weight is 291 g/mol. The first kappa shape index (κ1) is 14.5. The van der Waals surface area contributed by atoms with Gasteiger partial charge in [0.15, 0.2) is 0 Å². The summed E-state index contributed by atoms with van der Waals surface area (Å²) in [6.07, 6.45) is 2.44. The molecule has 1 aliphatic heterocycles. The van der Waals surface area contributed by atoms with Crippen LogP contribution in [0, 0.1) is 6.92 Å². The van der Waals surface area contributed by atoms with Crippen LogP contribution in [0.3, 0.4) is 0 Å². The maximum Gasteiger partial charge on any atom is 0.137 e. The van der Waals surface area contributed by atoms with Crippen LogP contribution in [0.5, 0.6) is 0 Å². The fourth-order valence-electron chi connectivity index (χ4n) is 2.92. The van der Waals surface area contributed by atoms with Gasteiger partial charge in [0.25, 0.3) is 0 Å². The maximum atomic E-state index is 9.03. The Balaban J connectivity index is 1.79. The molecule has 0 bridgehead atoms. The van der Waals surface area contributed by atoms with E-state index in [-0.39, 0.29) is 6.61 Å². The Kier molecular flexibility index (Phi) is 4.26. The number of nitrogens with zero attached hydrogens (tertiary/aromatic N) is 4. The van der Waals surface area contributed by atoms with Crippen molar-refractivity contribution in [1.82, 2.24) is 14.9 Å². The van der Waals surface area contributed by atoms with Crippen LogP contribution in [0.15, 0.2) is 0 Å². The van der Waals surface area contributed by atoms with Crippen molar-refractivity contribution in [2.24, 2.45) is 0 Å². The zero-order valence-electron chi connectivity index (χ0n) is 13.0. The number of aliphatic hydroxyl groups excluding tert-OH is 1. The summed E-state index contributed by atoms with van der Waals surface area (Å²) in [6.45, 7) is 7.00. The highest BCUT2D eigenvalue weighted by molar-refractivity contribution is 5.59. The lowest BCUT2D eigenvalue weighted by Gasteiger charge is -2.36. The summed E-state index contributed by atoms with van der Waals surface area (Å²) in [5, 5.41) is 12.2. The molecule has 1 aliphatic carbocycles. The van der Waals surface area contributed by atoms with Gasteiger partial charge in [-0.25, -0.2) is 9.97 Å². The summed E-state index contributed by atoms with van der Waals surface area (Å²) in [7, 11) is 1.93. The van der Waals surface area contributed by atoms with Gasteiger partial charge in [-0.2, -0.15) is 0 Å². The molecule has 6 heteroatoms. The minimum Gasteiger partial charge on any atom is -0.395 e. The van der Waals surface area contributed by atoms with Crippen LogP contribution in [0.4, 0.5) is 11.6 Å². The van der Waals surface area contributed by atoms with Crippen molar-refractivity contribution >= 4 is 11.6 Å². The van der Waals surface area contributed by atoms with Gasteiger partial charge in [-0.1, -0.05) is 0 Å². The van der Waals surface area contributed by atoms with Crippen molar-refractivity contribution in [3.63, 3.8) is 0 Å². The van der Waals surface area contributed by atoms with Gasteiger partial charge in [0.1, 0.15) is 17.5 Å². The van der Waals surface area contributed by atoms with E-state index in [9.17, 15) is 0 Å². The third-order valence-corrected chi connectivity index (χ3v) is 4.40. The normalized spacial score (nSPS) is 19.9. The van der Waals surface area contributed by atoms with Gasteiger partial charge in [0.05, 0.1) is 6.61 Å². The first-order valence-electron chi connectivity index (χ1n) is 7.87. The molecular weight excluding hydrogens is 266 g/mol. The van der Waals surface area contributed by atoms with E-state index in [4.69, 9.17) is 10.1 Å². The first-order chi connectivity index (χ1) is 10.2. The predicted molar refractivity (Wildman–Crippen MR) is 84.0 cm³/mol. The van der Waals surface area contributed by atoms with Gasteiger partial charge in [0.2, 0.25) is 0 Å². The molecule has 116 valence electrons. The van der Waals surface area contributed by atoms with E-state index < -0.39 is 0 Å². The summed E-state index contributed by atoms with van der Waals surface area (Å²) >= 11 is 0. The Morgan fingerprint density at radius 3 is 2.48 bits per heavy atom. The van der Waals surface area contributed by atoms with E-state index in [1.54, 1.807) is 0 Å². The third kappa shape index (κ3) is 3.11. The van der Waals surface area contributed by atoms with Gasteiger partial charge in [-0.3, -0.25) is 4.90 Å². The molecule has 2 fully saturated rings. The number of rotatable bonds is 5. The molecule has 1 saturated carbocycles. The number of hydrogen-bond acceptors (Lipinski definition) is 6. The highest BCUT2D eigenvalue weighted by Gasteiger charge is 2.29. The quantitative estimate of drug-likeness (QED) is 0.837. The number of anilines is 2. The van der Waals surface area contributed by atoms with Crippen LogP contribution in [-0.2, 0) is 0 Å². The van der Waals surface area contributed by atoms with E-state index in [1.807, 2.05) is 7.05 Å². The maximum absolute atomic E-state index is 9.03. The lowest BCUT2D eigenvalue weighted by molar-refractivity contribution is 0.188. The predicted octanol–water partition coefficient (Wildman–Crippen LogP) is 0.818. The number of hydrogen-bond donors (Lipinski definition) is 2. The van der Waals surface area contributed by atoms with Crippen molar-refractivity contribution in [1.29, 1.82) is 0 Å². The number of nitrogens with one attached hydrogen (secondary N) is 1. The van der Waals surface area contributed by atoms with Gasteiger partial charge >= 0.3 is 0 Å². The minimum absolute atomic E-state index is 0.238. The Labute approximate surface area is 126 Å². The Bertz CT molecular complexity index is 495. The van der Waals surface area contributed by atoms with Crippen LogP contribution >= 0.6 is 0 Å². The smallest absolute Gasteiger partial charge is 0.137 e. The van der Waals surface area contributed by atoms with Gasteiger partial charge in [-0.15, -0.1) is 0 Å². The molecule has 2 N–H and O–H groups in total. The summed E-state index contributed by atoms with van der Waals surface area (Å²) in [6, 6.07) is 0. The molecule has 0 aromatic carbocycles. The number of aliphatic hydroxyl groups is 1. The Morgan fingerprint density at radius 2 is 1.90 bits per heavy atom. The topological polar surface area (TPSA) is 64.5 Å². The molecule has 1 aromatic rings. The highest BCUT2D eigenvalue weighted by Crippen LogP contribution is 2.40. The van der Waals surface area contributed by atoms with Crippen LogP contribution in [0.2, 0.25) is 0 Å². The van der Waals surface area contributed by atoms with E-state index in [0.717, 1.165) is 55.7 Å². The molecule has 1 aromatic heterocycles. The second kappa shape index (κ2) is 6.15. The van der Waals surface area contributed by atoms with Crippen LogP contribution in [0.1, 0.15) is 30.1 Å². The minimum atomic E-state index is 0.238. The van der Waals surface area contributed by atoms with Crippen molar-refractivity contribution in [3.05, 3.63) is 11.4 Å². The summed E-state index contributed by atoms with van der Waals surface area (Å²) in [4.78, 5) is 14.2. The number of β-amino-alcohol motifs (C(OH)–C–C–N with tert-alkyl or cyclic N) is 1. The van der Waals surface area contributed by atoms with Gasteiger partial charge < -0.3 is 15.3 Å². The monoisotopic (exact) mass is 291 g/mol. The van der Waals surface area contributed by atoms with E-state index in [2.05, 4.69) is 27.0 Å². The van der Waals surface area contributed by atoms with E-state index >= 15 is 0 Å². The Morgan fingerprint density at radius 1 is 1.19 bits per heavy atom. The SMILES string of the molecule is CNc1nc(C2CC2)nc(N2CCN(CCO)CC2)c1C. The molecule has 3 rings (SSSR count). The lowest BCUT2D eigenvalue weighted by atomic mass is 10.2. The molecule has 6 nitrogen and oxygen atoms in total. The zero-order chi connectivity index (χ0) is 14.8. The molecule has 2 heterocycles. The fraction of sp³-hybridized carbons (Fsp3) is 0.733. The molecule has 0 amide bonds. The molecule has 0 unspecified atom stereocenters. The van der Waals surface area contributed by atoms with Gasteiger partial charge in [0, 0.05) is 51.3 Å². The molecule has 0 atom stereocenters. The van der Waals surface area contributed by atoms with Crippen molar-refractivity contribution in [2.75, 3.05) is 56.6 Å². The fourth-order valence-corrected chi connectivity index (χ4v) is 2.92. The molecule has 0 radical (unpaired) electrons. The van der Waals surface area contributed by atoms with Crippen molar-refractivity contribution in [3.8, 4) is 0 Å². The zero-order valence-corrected chi connectivity index (χ0v) is 13.0. The molecule has 0 spiro atoms.